The largest absolute Gasteiger partial charge is 0.478 e. The Morgan fingerprint density at radius 3 is 2.30 bits per heavy atom. The monoisotopic (exact) mass is 302 g/mol. The van der Waals surface area contributed by atoms with Gasteiger partial charge in [-0.3, -0.25) is 0 Å². The minimum atomic E-state index is -1.26. The van der Waals surface area contributed by atoms with Crippen molar-refractivity contribution in [3.05, 3.63) is 28.8 Å². The smallest absolute Gasteiger partial charge is 0.339 e. The summed E-state index contributed by atoms with van der Waals surface area (Å²) in [7, 11) is 0. The Morgan fingerprint density at radius 1 is 1.20 bits per heavy atom. The summed E-state index contributed by atoms with van der Waals surface area (Å²) in [6.07, 6.45) is 0. The molecule has 0 atom stereocenters. The van der Waals surface area contributed by atoms with Crippen molar-refractivity contribution in [2.24, 2.45) is 0 Å². The average molecular weight is 303 g/mol. The van der Waals surface area contributed by atoms with Crippen molar-refractivity contribution < 1.29 is 24.9 Å². The van der Waals surface area contributed by atoms with E-state index in [4.69, 9.17) is 26.9 Å². The van der Waals surface area contributed by atoms with Crippen molar-refractivity contribution in [1.82, 2.24) is 4.90 Å². The SMILES string of the molecule is O=C(O)c1c(Cl)cccc1NC(=O)N(CCO)CCO. The Hall–Kier alpha value is -1.83. The number of benzene rings is 1. The summed E-state index contributed by atoms with van der Waals surface area (Å²) < 4.78 is 0. The van der Waals surface area contributed by atoms with Gasteiger partial charge in [0, 0.05) is 13.1 Å². The van der Waals surface area contributed by atoms with E-state index in [9.17, 15) is 9.59 Å². The number of rotatable bonds is 6. The highest BCUT2D eigenvalue weighted by Crippen LogP contribution is 2.24. The van der Waals surface area contributed by atoms with Crippen LogP contribution in [0.1, 0.15) is 10.4 Å². The number of halogens is 1. The maximum absolute atomic E-state index is 11.9. The Bertz CT molecular complexity index is 489. The van der Waals surface area contributed by atoms with E-state index < -0.39 is 12.0 Å². The molecule has 20 heavy (non-hydrogen) atoms. The van der Waals surface area contributed by atoms with Gasteiger partial charge >= 0.3 is 12.0 Å². The van der Waals surface area contributed by atoms with Gasteiger partial charge in [-0.1, -0.05) is 17.7 Å². The average Bonchev–Trinajstić information content (AvgIpc) is 2.38. The number of amides is 2. The van der Waals surface area contributed by atoms with Crippen LogP contribution in [0, 0.1) is 0 Å². The zero-order chi connectivity index (χ0) is 15.1. The van der Waals surface area contributed by atoms with E-state index in [1.54, 1.807) is 0 Å². The van der Waals surface area contributed by atoms with Crippen LogP contribution < -0.4 is 5.32 Å². The molecule has 1 rings (SSSR count). The fraction of sp³-hybridized carbons (Fsp3) is 0.333. The van der Waals surface area contributed by atoms with E-state index >= 15 is 0 Å². The zero-order valence-corrected chi connectivity index (χ0v) is 11.3. The van der Waals surface area contributed by atoms with Crippen molar-refractivity contribution in [3.8, 4) is 0 Å². The van der Waals surface area contributed by atoms with Gasteiger partial charge in [-0.15, -0.1) is 0 Å². The molecule has 7 nitrogen and oxygen atoms in total. The number of aliphatic hydroxyl groups is 2. The van der Waals surface area contributed by atoms with E-state index in [0.29, 0.717) is 0 Å². The van der Waals surface area contributed by atoms with Crippen molar-refractivity contribution in [2.45, 2.75) is 0 Å². The van der Waals surface area contributed by atoms with E-state index in [1.165, 1.54) is 18.2 Å². The lowest BCUT2D eigenvalue weighted by molar-refractivity contribution is 0.0698. The lowest BCUT2D eigenvalue weighted by atomic mass is 10.2. The van der Waals surface area contributed by atoms with Crippen LogP contribution in [-0.2, 0) is 0 Å². The van der Waals surface area contributed by atoms with E-state index in [-0.39, 0.29) is 42.6 Å². The van der Waals surface area contributed by atoms with Gasteiger partial charge in [0.25, 0.3) is 0 Å². The first kappa shape index (κ1) is 16.2. The highest BCUT2D eigenvalue weighted by molar-refractivity contribution is 6.34. The lowest BCUT2D eigenvalue weighted by Crippen LogP contribution is -2.39. The standard InChI is InChI=1S/C12H15ClN2O5/c13-8-2-1-3-9(10(8)11(18)19)14-12(20)15(4-6-16)5-7-17/h1-3,16-17H,4-7H2,(H,14,20)(H,18,19). The summed E-state index contributed by atoms with van der Waals surface area (Å²) in [6, 6.07) is 3.69. The Kier molecular flexibility index (Phi) is 6.23. The molecular formula is C12H15ClN2O5. The summed E-state index contributed by atoms with van der Waals surface area (Å²) in [4.78, 5) is 24.2. The molecule has 0 aliphatic rings. The molecule has 4 N–H and O–H groups in total. The number of carboxylic acid groups (broad SMARTS) is 1. The Morgan fingerprint density at radius 2 is 1.80 bits per heavy atom. The third-order valence-corrected chi connectivity index (χ3v) is 2.81. The van der Waals surface area contributed by atoms with Gasteiger partial charge in [0.1, 0.15) is 5.56 Å². The second-order valence-electron chi connectivity index (χ2n) is 3.83. The van der Waals surface area contributed by atoms with E-state index in [0.717, 1.165) is 4.90 Å². The van der Waals surface area contributed by atoms with Gasteiger partial charge in [-0.2, -0.15) is 0 Å². The van der Waals surface area contributed by atoms with Crippen LogP contribution >= 0.6 is 11.6 Å². The number of carbonyl (C=O) groups is 2. The number of aromatic carboxylic acids is 1. The van der Waals surface area contributed by atoms with Crippen LogP contribution in [0.3, 0.4) is 0 Å². The third-order valence-electron chi connectivity index (χ3n) is 2.50. The number of carboxylic acids is 1. The quantitative estimate of drug-likeness (QED) is 0.623. The molecule has 8 heteroatoms. The minimum absolute atomic E-state index is 0.00571. The molecule has 0 aliphatic heterocycles. The van der Waals surface area contributed by atoms with Gasteiger partial charge in [0.15, 0.2) is 0 Å². The normalized spacial score (nSPS) is 10.2. The third kappa shape index (κ3) is 4.09. The van der Waals surface area contributed by atoms with Gasteiger partial charge < -0.3 is 25.5 Å². The van der Waals surface area contributed by atoms with Gasteiger partial charge in [-0.05, 0) is 12.1 Å². The van der Waals surface area contributed by atoms with Crippen LogP contribution in [0.4, 0.5) is 10.5 Å². The molecule has 0 saturated carbocycles. The maximum Gasteiger partial charge on any atom is 0.339 e. The second kappa shape index (κ2) is 7.68. The molecule has 0 fully saturated rings. The van der Waals surface area contributed by atoms with E-state index in [1.807, 2.05) is 0 Å². The predicted octanol–water partition coefficient (Wildman–Crippen LogP) is 0.857. The topological polar surface area (TPSA) is 110 Å². The molecule has 0 aromatic heterocycles. The molecule has 110 valence electrons. The number of urea groups is 1. The molecule has 0 saturated heterocycles. The number of hydrogen-bond acceptors (Lipinski definition) is 4. The van der Waals surface area contributed by atoms with Gasteiger partial charge in [0.2, 0.25) is 0 Å². The molecule has 1 aromatic rings. The molecule has 0 aliphatic carbocycles. The summed E-state index contributed by atoms with van der Waals surface area (Å²) in [5, 5.41) is 29.2. The fourth-order valence-corrected chi connectivity index (χ4v) is 1.85. The molecule has 0 spiro atoms. The first-order valence-corrected chi connectivity index (χ1v) is 6.18. The van der Waals surface area contributed by atoms with Gasteiger partial charge in [-0.25, -0.2) is 9.59 Å². The van der Waals surface area contributed by atoms with Crippen molar-refractivity contribution in [1.29, 1.82) is 0 Å². The highest BCUT2D eigenvalue weighted by atomic mass is 35.5. The zero-order valence-electron chi connectivity index (χ0n) is 10.5. The summed E-state index contributed by atoms with van der Waals surface area (Å²) in [6.45, 7) is -0.492. The minimum Gasteiger partial charge on any atom is -0.478 e. The summed E-state index contributed by atoms with van der Waals surface area (Å²) >= 11 is 5.78. The molecular weight excluding hydrogens is 288 g/mol. The first-order valence-electron chi connectivity index (χ1n) is 5.80. The lowest BCUT2D eigenvalue weighted by Gasteiger charge is -2.21. The number of nitrogens with one attached hydrogen (secondary N) is 1. The molecule has 0 heterocycles. The van der Waals surface area contributed by atoms with Crippen molar-refractivity contribution in [3.63, 3.8) is 0 Å². The molecule has 0 radical (unpaired) electrons. The van der Waals surface area contributed by atoms with Gasteiger partial charge in [0.05, 0.1) is 23.9 Å². The number of hydrogen-bond donors (Lipinski definition) is 4. The highest BCUT2D eigenvalue weighted by Gasteiger charge is 2.18. The van der Waals surface area contributed by atoms with Crippen LogP contribution in [0.5, 0.6) is 0 Å². The number of nitrogens with zero attached hydrogens (tertiary/aromatic N) is 1. The number of carbonyl (C=O) groups excluding carboxylic acids is 1. The second-order valence-corrected chi connectivity index (χ2v) is 4.24. The van der Waals surface area contributed by atoms with E-state index in [2.05, 4.69) is 5.32 Å². The Balaban J connectivity index is 2.94. The molecule has 2 amide bonds. The number of aliphatic hydroxyl groups excluding tert-OH is 2. The van der Waals surface area contributed by atoms with Crippen LogP contribution in [0.15, 0.2) is 18.2 Å². The van der Waals surface area contributed by atoms with Crippen LogP contribution in [0.2, 0.25) is 5.02 Å². The summed E-state index contributed by atoms with van der Waals surface area (Å²) in [5.41, 5.74) is -0.161. The molecule has 1 aromatic carbocycles. The number of anilines is 1. The predicted molar refractivity (Wildman–Crippen MR) is 73.2 cm³/mol. The van der Waals surface area contributed by atoms with Crippen LogP contribution in [-0.4, -0.2) is 58.5 Å². The van der Waals surface area contributed by atoms with Crippen LogP contribution in [0.25, 0.3) is 0 Å². The van der Waals surface area contributed by atoms with Crippen molar-refractivity contribution >= 4 is 29.3 Å². The Labute approximate surface area is 120 Å². The maximum atomic E-state index is 11.9. The fourth-order valence-electron chi connectivity index (χ4n) is 1.60. The van der Waals surface area contributed by atoms with Crippen molar-refractivity contribution in [2.75, 3.05) is 31.6 Å². The molecule has 0 bridgehead atoms. The first-order chi connectivity index (χ1) is 9.51. The summed E-state index contributed by atoms with van der Waals surface area (Å²) in [5.74, 6) is -1.26. The molecule has 0 unspecified atom stereocenters.